The summed E-state index contributed by atoms with van der Waals surface area (Å²) < 4.78 is 17.5. The van der Waals surface area contributed by atoms with Crippen molar-refractivity contribution in [2.45, 2.75) is 19.9 Å². The maximum Gasteiger partial charge on any atom is 0.347 e. The van der Waals surface area contributed by atoms with E-state index in [4.69, 9.17) is 24.3 Å². The van der Waals surface area contributed by atoms with Crippen LogP contribution in [0.15, 0.2) is 53.8 Å². The molecule has 0 N–H and O–H groups in total. The van der Waals surface area contributed by atoms with Gasteiger partial charge >= 0.3 is 5.97 Å². The van der Waals surface area contributed by atoms with Crippen molar-refractivity contribution in [3.8, 4) is 17.6 Å². The number of nitrogens with zero attached hydrogens (tertiary/aromatic N) is 3. The molecule has 9 heteroatoms. The van der Waals surface area contributed by atoms with Crippen LogP contribution in [0.3, 0.4) is 0 Å². The molecule has 0 saturated carbocycles. The van der Waals surface area contributed by atoms with Crippen LogP contribution in [0, 0.1) is 11.3 Å². The lowest BCUT2D eigenvalue weighted by Gasteiger charge is -2.05. The number of para-hydroxylation sites is 1. The second-order valence-corrected chi connectivity index (χ2v) is 7.26. The van der Waals surface area contributed by atoms with Gasteiger partial charge in [0.1, 0.15) is 0 Å². The van der Waals surface area contributed by atoms with Gasteiger partial charge in [-0.25, -0.2) is 4.79 Å². The quantitative estimate of drug-likeness (QED) is 0.214. The van der Waals surface area contributed by atoms with Crippen LogP contribution in [0.1, 0.15) is 29.3 Å². The Bertz CT molecular complexity index is 1270. The van der Waals surface area contributed by atoms with Crippen LogP contribution in [0.4, 0.5) is 0 Å². The molecule has 0 saturated heterocycles. The molecular weight excluding hydrogens is 426 g/mol. The monoisotopic (exact) mass is 447 g/mol. The summed E-state index contributed by atoms with van der Waals surface area (Å²) >= 11 is 0. The highest BCUT2D eigenvalue weighted by Crippen LogP contribution is 2.32. The Morgan fingerprint density at radius 3 is 2.82 bits per heavy atom. The summed E-state index contributed by atoms with van der Waals surface area (Å²) in [6.45, 7) is 1.53. The Hall–Kier alpha value is -4.32. The standard InChI is InChI=1S/C24H21N3O6/c1-16(17-7-8-22-23(11-17)32-15-31-22)26-33-14-24(29)30-13-21(28)19-12-27(10-4-9-25)20-6-3-2-5-18(19)20/h2-3,5-8,11-12H,4,10,13-15H2,1H3/b26-16-. The lowest BCUT2D eigenvalue weighted by Crippen LogP contribution is -2.17. The molecule has 168 valence electrons. The lowest BCUT2D eigenvalue weighted by molar-refractivity contribution is -0.147. The predicted molar refractivity (Wildman–Crippen MR) is 118 cm³/mol. The summed E-state index contributed by atoms with van der Waals surface area (Å²) in [7, 11) is 0. The summed E-state index contributed by atoms with van der Waals surface area (Å²) in [6, 6.07) is 14.8. The minimum Gasteiger partial charge on any atom is -0.455 e. The van der Waals surface area contributed by atoms with Crippen LogP contribution < -0.4 is 9.47 Å². The third kappa shape index (κ3) is 4.96. The van der Waals surface area contributed by atoms with Gasteiger partial charge in [-0.1, -0.05) is 23.4 Å². The van der Waals surface area contributed by atoms with Crippen molar-refractivity contribution >= 4 is 28.4 Å². The van der Waals surface area contributed by atoms with Crippen LogP contribution >= 0.6 is 0 Å². The number of esters is 1. The smallest absolute Gasteiger partial charge is 0.347 e. The number of carbonyl (C=O) groups excluding carboxylic acids is 2. The zero-order valence-corrected chi connectivity index (χ0v) is 17.9. The summed E-state index contributed by atoms with van der Waals surface area (Å²) in [6.07, 6.45) is 2.01. The van der Waals surface area contributed by atoms with E-state index in [-0.39, 0.29) is 12.6 Å². The number of rotatable bonds is 9. The van der Waals surface area contributed by atoms with Gasteiger partial charge in [-0.3, -0.25) is 4.79 Å². The number of nitriles is 1. The fraction of sp³-hybridized carbons (Fsp3) is 0.250. The Morgan fingerprint density at radius 1 is 1.15 bits per heavy atom. The number of hydrogen-bond donors (Lipinski definition) is 0. The number of hydrogen-bond acceptors (Lipinski definition) is 8. The molecule has 1 aromatic heterocycles. The molecule has 0 aliphatic carbocycles. The number of benzene rings is 2. The molecule has 1 aliphatic rings. The Balaban J connectivity index is 1.31. The second kappa shape index (κ2) is 9.87. The average Bonchev–Trinajstić information content (AvgIpc) is 3.45. The SMILES string of the molecule is C/C(=N/OCC(=O)OCC(=O)c1cn(CCC#N)c2ccccc12)c1ccc2c(c1)OCO2. The summed E-state index contributed by atoms with van der Waals surface area (Å²) in [5, 5.41) is 13.5. The van der Waals surface area contributed by atoms with Gasteiger partial charge in [0.05, 0.1) is 18.2 Å². The van der Waals surface area contributed by atoms with Crippen molar-refractivity contribution in [2.24, 2.45) is 5.16 Å². The molecule has 0 spiro atoms. The van der Waals surface area contributed by atoms with E-state index in [2.05, 4.69) is 11.2 Å². The number of aromatic nitrogens is 1. The Labute approximate surface area is 189 Å². The molecule has 0 atom stereocenters. The third-order valence-electron chi connectivity index (χ3n) is 5.09. The largest absolute Gasteiger partial charge is 0.455 e. The summed E-state index contributed by atoms with van der Waals surface area (Å²) in [5.41, 5.74) is 2.59. The number of ether oxygens (including phenoxy) is 3. The average molecular weight is 447 g/mol. The predicted octanol–water partition coefficient (Wildman–Crippen LogP) is 3.45. The van der Waals surface area contributed by atoms with Gasteiger partial charge in [0.25, 0.3) is 0 Å². The first-order valence-corrected chi connectivity index (χ1v) is 10.3. The Morgan fingerprint density at radius 2 is 1.97 bits per heavy atom. The van der Waals surface area contributed by atoms with Crippen LogP contribution in [0.5, 0.6) is 11.5 Å². The number of fused-ring (bicyclic) bond motifs is 2. The molecule has 0 fully saturated rings. The van der Waals surface area contributed by atoms with Crippen molar-refractivity contribution in [2.75, 3.05) is 20.0 Å². The molecule has 0 radical (unpaired) electrons. The maximum absolute atomic E-state index is 12.7. The normalized spacial score (nSPS) is 12.4. The minimum absolute atomic E-state index is 0.177. The zero-order chi connectivity index (χ0) is 23.2. The molecule has 3 aromatic rings. The minimum atomic E-state index is -0.709. The van der Waals surface area contributed by atoms with Gasteiger partial charge in [0.2, 0.25) is 19.2 Å². The topological polar surface area (TPSA) is 112 Å². The van der Waals surface area contributed by atoms with Crippen LogP contribution in [0.2, 0.25) is 0 Å². The number of carbonyl (C=O) groups is 2. The third-order valence-corrected chi connectivity index (χ3v) is 5.09. The van der Waals surface area contributed by atoms with Gasteiger partial charge in [-0.05, 0) is 31.2 Å². The van der Waals surface area contributed by atoms with E-state index in [0.717, 1.165) is 16.5 Å². The highest BCUT2D eigenvalue weighted by molar-refractivity contribution is 6.09. The van der Waals surface area contributed by atoms with E-state index >= 15 is 0 Å². The molecule has 2 aromatic carbocycles. The fourth-order valence-electron chi connectivity index (χ4n) is 3.45. The number of ketones is 1. The first-order chi connectivity index (χ1) is 16.1. The molecule has 4 rings (SSSR count). The van der Waals surface area contributed by atoms with Gasteiger partial charge in [-0.2, -0.15) is 5.26 Å². The van der Waals surface area contributed by atoms with E-state index in [0.29, 0.717) is 35.7 Å². The van der Waals surface area contributed by atoms with Gasteiger partial charge in [0.15, 0.2) is 18.1 Å². The molecule has 2 heterocycles. The van der Waals surface area contributed by atoms with Gasteiger partial charge < -0.3 is 23.6 Å². The molecule has 33 heavy (non-hydrogen) atoms. The molecular formula is C24H21N3O6. The van der Waals surface area contributed by atoms with E-state index in [1.54, 1.807) is 31.3 Å². The molecule has 0 bridgehead atoms. The highest BCUT2D eigenvalue weighted by atomic mass is 16.7. The first kappa shape index (κ1) is 21.9. The van der Waals surface area contributed by atoms with Crippen LogP contribution in [-0.2, 0) is 20.9 Å². The number of Topliss-reactive ketones (excluding diaryl/α,β-unsaturated/α-hetero) is 1. The van der Waals surface area contributed by atoms with Crippen molar-refractivity contribution in [1.82, 2.24) is 4.57 Å². The molecule has 9 nitrogen and oxygen atoms in total. The fourth-order valence-corrected chi connectivity index (χ4v) is 3.45. The molecule has 0 amide bonds. The summed E-state index contributed by atoms with van der Waals surface area (Å²) in [4.78, 5) is 29.8. The maximum atomic E-state index is 12.7. The van der Waals surface area contributed by atoms with Crippen LogP contribution in [0.25, 0.3) is 10.9 Å². The number of aryl methyl sites for hydroxylation is 1. The van der Waals surface area contributed by atoms with Gasteiger partial charge in [-0.15, -0.1) is 0 Å². The van der Waals surface area contributed by atoms with E-state index < -0.39 is 19.2 Å². The molecule has 0 unspecified atom stereocenters. The van der Waals surface area contributed by atoms with Crippen molar-refractivity contribution in [3.05, 3.63) is 59.8 Å². The Kier molecular flexibility index (Phi) is 6.55. The van der Waals surface area contributed by atoms with Crippen molar-refractivity contribution < 1.29 is 28.6 Å². The van der Waals surface area contributed by atoms with E-state index in [9.17, 15) is 9.59 Å². The first-order valence-electron chi connectivity index (χ1n) is 10.3. The van der Waals surface area contributed by atoms with E-state index in [1.165, 1.54) is 0 Å². The summed E-state index contributed by atoms with van der Waals surface area (Å²) in [5.74, 6) is 0.233. The molecule has 1 aliphatic heterocycles. The van der Waals surface area contributed by atoms with Crippen LogP contribution in [-0.4, -0.2) is 42.0 Å². The van der Waals surface area contributed by atoms with E-state index in [1.807, 2.05) is 28.8 Å². The second-order valence-electron chi connectivity index (χ2n) is 7.26. The highest BCUT2D eigenvalue weighted by Gasteiger charge is 2.17. The van der Waals surface area contributed by atoms with Crippen molar-refractivity contribution in [3.63, 3.8) is 0 Å². The number of oxime groups is 1. The van der Waals surface area contributed by atoms with Crippen molar-refractivity contribution in [1.29, 1.82) is 5.26 Å². The van der Waals surface area contributed by atoms with Gasteiger partial charge in [0, 0.05) is 34.8 Å². The zero-order valence-electron chi connectivity index (χ0n) is 17.9. The lowest BCUT2D eigenvalue weighted by atomic mass is 10.1.